The molecule has 0 fully saturated rings. The van der Waals surface area contributed by atoms with Crippen molar-refractivity contribution >= 4 is 31.9 Å². The molecule has 1 aromatic carbocycles. The molecule has 0 bridgehead atoms. The maximum absolute atomic E-state index is 5.75. The second-order valence-electron chi connectivity index (χ2n) is 3.13. The van der Waals surface area contributed by atoms with Gasteiger partial charge in [-0.2, -0.15) is 0 Å². The molecule has 0 unspecified atom stereocenters. The molecule has 0 aliphatic carbocycles. The molecule has 0 atom stereocenters. The highest BCUT2D eigenvalue weighted by Crippen LogP contribution is 2.32. The zero-order valence-corrected chi connectivity index (χ0v) is 11.2. The summed E-state index contributed by atoms with van der Waals surface area (Å²) >= 11 is 6.86. The largest absolute Gasteiger partial charge is 0.440 e. The maximum Gasteiger partial charge on any atom is 0.199 e. The lowest BCUT2D eigenvalue weighted by Crippen LogP contribution is -1.92. The van der Waals surface area contributed by atoms with Gasteiger partial charge in [-0.3, -0.25) is 0 Å². The topological polar surface area (TPSA) is 14.2 Å². The van der Waals surface area contributed by atoms with Crippen LogP contribution in [0.3, 0.4) is 0 Å². The van der Waals surface area contributed by atoms with Crippen LogP contribution in [0.4, 0.5) is 0 Å². The lowest BCUT2D eigenvalue weighted by atomic mass is 10.3. The van der Waals surface area contributed by atoms with Gasteiger partial charge in [-0.05, 0) is 40.2 Å². The monoisotopic (exact) mass is 329 g/mol. The zero-order chi connectivity index (χ0) is 10.8. The summed E-state index contributed by atoms with van der Waals surface area (Å²) in [5.41, 5.74) is 0. The van der Waals surface area contributed by atoms with E-state index in [1.165, 1.54) is 0 Å². The van der Waals surface area contributed by atoms with Gasteiger partial charge in [0.15, 0.2) is 5.88 Å². The van der Waals surface area contributed by atoms with Crippen molar-refractivity contribution in [3.8, 4) is 11.6 Å². The summed E-state index contributed by atoms with van der Waals surface area (Å²) in [5.74, 6) is 1.61. The Hall–Kier alpha value is -0.740. The smallest absolute Gasteiger partial charge is 0.199 e. The van der Waals surface area contributed by atoms with Crippen molar-refractivity contribution < 1.29 is 4.74 Å². The first-order valence-corrected chi connectivity index (χ1v) is 5.99. The summed E-state index contributed by atoms with van der Waals surface area (Å²) < 4.78 is 9.60. The van der Waals surface area contributed by atoms with Crippen LogP contribution in [0.5, 0.6) is 11.6 Å². The summed E-state index contributed by atoms with van der Waals surface area (Å²) in [6.45, 7) is 0. The fourth-order valence-corrected chi connectivity index (χ4v) is 1.89. The molecule has 2 aromatic rings. The molecule has 1 heterocycles. The van der Waals surface area contributed by atoms with Gasteiger partial charge in [0, 0.05) is 23.8 Å². The van der Waals surface area contributed by atoms with Crippen molar-refractivity contribution in [1.29, 1.82) is 0 Å². The van der Waals surface area contributed by atoms with Crippen LogP contribution in [-0.4, -0.2) is 4.57 Å². The predicted octanol–water partition coefficient (Wildman–Crippen LogP) is 4.34. The summed E-state index contributed by atoms with van der Waals surface area (Å²) in [4.78, 5) is 0. The Kier molecular flexibility index (Phi) is 3.17. The van der Waals surface area contributed by atoms with E-state index in [4.69, 9.17) is 4.74 Å². The van der Waals surface area contributed by atoms with Gasteiger partial charge in [0.05, 0.1) is 4.47 Å². The van der Waals surface area contributed by atoms with E-state index in [9.17, 15) is 0 Å². The molecule has 0 amide bonds. The molecule has 1 aromatic heterocycles. The third kappa shape index (κ3) is 2.44. The summed E-state index contributed by atoms with van der Waals surface area (Å²) in [6.07, 6.45) is 1.95. The highest BCUT2D eigenvalue weighted by atomic mass is 79.9. The highest BCUT2D eigenvalue weighted by Gasteiger charge is 2.05. The van der Waals surface area contributed by atoms with Gasteiger partial charge < -0.3 is 9.30 Å². The maximum atomic E-state index is 5.75. The standard InChI is InChI=1S/C11H9Br2NO/c1-14-6-2-3-11(14)15-10-7-8(12)4-5-9(10)13/h2-7H,1H3. The molecule has 78 valence electrons. The fraction of sp³-hybridized carbons (Fsp3) is 0.0909. The molecule has 2 rings (SSSR count). The van der Waals surface area contributed by atoms with E-state index in [0.29, 0.717) is 0 Å². The van der Waals surface area contributed by atoms with Crippen molar-refractivity contribution in [2.75, 3.05) is 0 Å². The number of aromatic nitrogens is 1. The van der Waals surface area contributed by atoms with E-state index in [2.05, 4.69) is 31.9 Å². The van der Waals surface area contributed by atoms with Gasteiger partial charge in [-0.1, -0.05) is 15.9 Å². The van der Waals surface area contributed by atoms with Crippen molar-refractivity contribution in [2.45, 2.75) is 0 Å². The van der Waals surface area contributed by atoms with Crippen molar-refractivity contribution in [1.82, 2.24) is 4.57 Å². The van der Waals surface area contributed by atoms with Crippen LogP contribution in [0.25, 0.3) is 0 Å². The van der Waals surface area contributed by atoms with E-state index in [1.54, 1.807) is 0 Å². The zero-order valence-electron chi connectivity index (χ0n) is 8.08. The van der Waals surface area contributed by atoms with Gasteiger partial charge in [0.25, 0.3) is 0 Å². The van der Waals surface area contributed by atoms with Crippen LogP contribution >= 0.6 is 31.9 Å². The molecule has 0 aliphatic heterocycles. The molecule has 4 heteroatoms. The molecule has 0 spiro atoms. The predicted molar refractivity (Wildman–Crippen MR) is 67.3 cm³/mol. The Bertz CT molecular complexity index is 479. The molecule has 0 aliphatic rings. The van der Waals surface area contributed by atoms with E-state index in [0.717, 1.165) is 20.6 Å². The fourth-order valence-electron chi connectivity index (χ4n) is 1.22. The van der Waals surface area contributed by atoms with Crippen LogP contribution in [0, 0.1) is 0 Å². The Balaban J connectivity index is 2.32. The number of ether oxygens (including phenoxy) is 1. The van der Waals surface area contributed by atoms with Crippen LogP contribution in [0.1, 0.15) is 0 Å². The first-order valence-electron chi connectivity index (χ1n) is 4.41. The summed E-state index contributed by atoms with van der Waals surface area (Å²) in [6, 6.07) is 9.70. The van der Waals surface area contributed by atoms with Gasteiger partial charge in [-0.15, -0.1) is 0 Å². The highest BCUT2D eigenvalue weighted by molar-refractivity contribution is 9.11. The number of benzene rings is 1. The summed E-state index contributed by atoms with van der Waals surface area (Å²) in [5, 5.41) is 0. The molecule has 0 N–H and O–H groups in total. The van der Waals surface area contributed by atoms with E-state index >= 15 is 0 Å². The van der Waals surface area contributed by atoms with Gasteiger partial charge in [0.1, 0.15) is 5.75 Å². The second-order valence-corrected chi connectivity index (χ2v) is 4.90. The van der Waals surface area contributed by atoms with Gasteiger partial charge in [0.2, 0.25) is 0 Å². The van der Waals surface area contributed by atoms with Crippen LogP contribution in [-0.2, 0) is 7.05 Å². The summed E-state index contributed by atoms with van der Waals surface area (Å²) in [7, 11) is 1.95. The molecular formula is C11H9Br2NO. The minimum atomic E-state index is 0.797. The number of aryl methyl sites for hydroxylation is 1. The van der Waals surface area contributed by atoms with E-state index < -0.39 is 0 Å². The van der Waals surface area contributed by atoms with Crippen molar-refractivity contribution in [3.63, 3.8) is 0 Å². The lowest BCUT2D eigenvalue weighted by Gasteiger charge is -2.08. The molecule has 0 saturated carbocycles. The van der Waals surface area contributed by atoms with Crippen molar-refractivity contribution in [2.24, 2.45) is 7.05 Å². The molecular weight excluding hydrogens is 322 g/mol. The minimum Gasteiger partial charge on any atom is -0.440 e. The molecule has 0 radical (unpaired) electrons. The number of nitrogens with zero attached hydrogens (tertiary/aromatic N) is 1. The molecule has 15 heavy (non-hydrogen) atoms. The number of halogens is 2. The number of hydrogen-bond donors (Lipinski definition) is 0. The third-order valence-corrected chi connectivity index (χ3v) is 3.15. The lowest BCUT2D eigenvalue weighted by molar-refractivity contribution is 0.440. The quantitative estimate of drug-likeness (QED) is 0.798. The number of rotatable bonds is 2. The van der Waals surface area contributed by atoms with Gasteiger partial charge in [-0.25, -0.2) is 0 Å². The van der Waals surface area contributed by atoms with E-state index in [-0.39, 0.29) is 0 Å². The Labute approximate surface area is 105 Å². The first-order chi connectivity index (χ1) is 7.16. The van der Waals surface area contributed by atoms with Crippen LogP contribution in [0.15, 0.2) is 45.5 Å². The van der Waals surface area contributed by atoms with Crippen LogP contribution < -0.4 is 4.74 Å². The van der Waals surface area contributed by atoms with Gasteiger partial charge >= 0.3 is 0 Å². The van der Waals surface area contributed by atoms with Crippen molar-refractivity contribution in [3.05, 3.63) is 45.5 Å². The Morgan fingerprint density at radius 3 is 2.67 bits per heavy atom. The molecule has 0 saturated heterocycles. The Morgan fingerprint density at radius 1 is 1.20 bits per heavy atom. The second kappa shape index (κ2) is 4.41. The average molecular weight is 331 g/mol. The van der Waals surface area contributed by atoms with Crippen LogP contribution in [0.2, 0.25) is 0 Å². The normalized spacial score (nSPS) is 10.3. The average Bonchev–Trinajstić information content (AvgIpc) is 2.58. The Morgan fingerprint density at radius 2 is 2.00 bits per heavy atom. The van der Waals surface area contributed by atoms with E-state index in [1.807, 2.05) is 48.1 Å². The SMILES string of the molecule is Cn1cccc1Oc1cc(Br)ccc1Br. The minimum absolute atomic E-state index is 0.797. The number of hydrogen-bond acceptors (Lipinski definition) is 1. The molecule has 2 nitrogen and oxygen atoms in total. The third-order valence-electron chi connectivity index (χ3n) is 2.00. The first kappa shape index (κ1) is 10.8.